The highest BCUT2D eigenvalue weighted by molar-refractivity contribution is 6.04. The fraction of sp³-hybridized carbons (Fsp3) is 0.450. The zero-order valence-electron chi connectivity index (χ0n) is 14.8. The summed E-state index contributed by atoms with van der Waals surface area (Å²) in [6.07, 6.45) is 2.24. The highest BCUT2D eigenvalue weighted by Crippen LogP contribution is 2.31. The molecule has 0 spiro atoms. The normalized spacial score (nSPS) is 11.5. The molecule has 2 aromatic rings. The average molecular weight is 313 g/mol. The number of benzene rings is 2. The van der Waals surface area contributed by atoms with Gasteiger partial charge in [0.05, 0.1) is 5.56 Å². The van der Waals surface area contributed by atoms with Gasteiger partial charge in [-0.1, -0.05) is 37.6 Å². The van der Waals surface area contributed by atoms with Gasteiger partial charge in [0.2, 0.25) is 0 Å². The van der Waals surface area contributed by atoms with Crippen molar-refractivity contribution in [3.05, 3.63) is 41.5 Å². The van der Waals surface area contributed by atoms with Gasteiger partial charge in [0.1, 0.15) is 5.60 Å². The Morgan fingerprint density at radius 2 is 1.91 bits per heavy atom. The minimum absolute atomic E-state index is 0.265. The standard InChI is InChI=1S/C20H27NO2/c1-6-7-12-21-18-14(2)17(19(22)23-20(3,4)5)13-15-10-8-9-11-16(15)18/h8-11,13,21H,6-7,12H2,1-5H3. The first kappa shape index (κ1) is 17.3. The zero-order chi connectivity index (χ0) is 17.0. The number of fused-ring (bicyclic) bond motifs is 1. The lowest BCUT2D eigenvalue weighted by Crippen LogP contribution is -2.24. The van der Waals surface area contributed by atoms with E-state index in [1.807, 2.05) is 52.0 Å². The molecular weight excluding hydrogens is 286 g/mol. The first-order chi connectivity index (χ1) is 10.8. The molecule has 0 unspecified atom stereocenters. The summed E-state index contributed by atoms with van der Waals surface area (Å²) in [4.78, 5) is 12.6. The van der Waals surface area contributed by atoms with Crippen LogP contribution in [0.5, 0.6) is 0 Å². The van der Waals surface area contributed by atoms with Gasteiger partial charge in [0, 0.05) is 17.6 Å². The first-order valence-electron chi connectivity index (χ1n) is 8.33. The van der Waals surface area contributed by atoms with Crippen molar-refractivity contribution in [1.82, 2.24) is 0 Å². The number of carbonyl (C=O) groups excluding carboxylic acids is 1. The Hall–Kier alpha value is -2.03. The minimum Gasteiger partial charge on any atom is -0.456 e. The Bertz CT molecular complexity index is 699. The molecule has 0 aliphatic rings. The average Bonchev–Trinajstić information content (AvgIpc) is 2.47. The van der Waals surface area contributed by atoms with E-state index in [9.17, 15) is 4.79 Å². The summed E-state index contributed by atoms with van der Waals surface area (Å²) in [5, 5.41) is 5.71. The Kier molecular flexibility index (Phi) is 5.30. The van der Waals surface area contributed by atoms with E-state index in [-0.39, 0.29) is 5.97 Å². The molecule has 0 atom stereocenters. The third-order valence-corrected chi connectivity index (χ3v) is 3.76. The van der Waals surface area contributed by atoms with Crippen LogP contribution in [-0.4, -0.2) is 18.1 Å². The number of esters is 1. The van der Waals surface area contributed by atoms with E-state index >= 15 is 0 Å². The molecule has 0 heterocycles. The number of carbonyl (C=O) groups is 1. The summed E-state index contributed by atoms with van der Waals surface area (Å²) in [7, 11) is 0. The maximum Gasteiger partial charge on any atom is 0.339 e. The van der Waals surface area contributed by atoms with Crippen LogP contribution in [0.2, 0.25) is 0 Å². The third kappa shape index (κ3) is 4.25. The summed E-state index contributed by atoms with van der Waals surface area (Å²) in [6, 6.07) is 10.1. The Labute approximate surface area is 139 Å². The number of hydrogen-bond donors (Lipinski definition) is 1. The van der Waals surface area contributed by atoms with Gasteiger partial charge in [-0.25, -0.2) is 4.79 Å². The van der Waals surface area contributed by atoms with Crippen molar-refractivity contribution >= 4 is 22.4 Å². The van der Waals surface area contributed by atoms with Crippen LogP contribution in [-0.2, 0) is 4.74 Å². The number of anilines is 1. The molecule has 0 aliphatic carbocycles. The SMILES string of the molecule is CCCCNc1c(C)c(C(=O)OC(C)(C)C)cc2ccccc12. The highest BCUT2D eigenvalue weighted by atomic mass is 16.6. The topological polar surface area (TPSA) is 38.3 Å². The molecule has 124 valence electrons. The van der Waals surface area contributed by atoms with Crippen LogP contribution in [0, 0.1) is 6.92 Å². The number of ether oxygens (including phenoxy) is 1. The van der Waals surface area contributed by atoms with E-state index < -0.39 is 5.60 Å². The van der Waals surface area contributed by atoms with Gasteiger partial charge in [0.25, 0.3) is 0 Å². The number of rotatable bonds is 5. The maximum atomic E-state index is 12.6. The molecule has 23 heavy (non-hydrogen) atoms. The molecule has 2 aromatic carbocycles. The number of nitrogens with one attached hydrogen (secondary N) is 1. The van der Waals surface area contributed by atoms with Gasteiger partial charge >= 0.3 is 5.97 Å². The Morgan fingerprint density at radius 1 is 1.22 bits per heavy atom. The van der Waals surface area contributed by atoms with E-state index in [4.69, 9.17) is 4.74 Å². The van der Waals surface area contributed by atoms with E-state index in [0.29, 0.717) is 5.56 Å². The lowest BCUT2D eigenvalue weighted by Gasteiger charge is -2.22. The van der Waals surface area contributed by atoms with Crippen molar-refractivity contribution in [2.75, 3.05) is 11.9 Å². The van der Waals surface area contributed by atoms with Gasteiger partial charge in [-0.3, -0.25) is 0 Å². The quantitative estimate of drug-likeness (QED) is 0.600. The summed E-state index contributed by atoms with van der Waals surface area (Å²) < 4.78 is 5.57. The number of hydrogen-bond acceptors (Lipinski definition) is 3. The smallest absolute Gasteiger partial charge is 0.339 e. The van der Waals surface area contributed by atoms with E-state index in [0.717, 1.165) is 41.4 Å². The summed E-state index contributed by atoms with van der Waals surface area (Å²) in [6.45, 7) is 10.7. The Morgan fingerprint density at radius 3 is 2.57 bits per heavy atom. The monoisotopic (exact) mass is 313 g/mol. The van der Waals surface area contributed by atoms with Crippen molar-refractivity contribution in [2.24, 2.45) is 0 Å². The van der Waals surface area contributed by atoms with Gasteiger partial charge in [-0.15, -0.1) is 0 Å². The van der Waals surface area contributed by atoms with Crippen LogP contribution in [0.3, 0.4) is 0 Å². The highest BCUT2D eigenvalue weighted by Gasteiger charge is 2.21. The predicted octanol–water partition coefficient (Wildman–Crippen LogP) is 5.32. The van der Waals surface area contributed by atoms with Crippen LogP contribution in [0.25, 0.3) is 10.8 Å². The second-order valence-electron chi connectivity index (χ2n) is 6.93. The van der Waals surface area contributed by atoms with Crippen LogP contribution >= 0.6 is 0 Å². The maximum absolute atomic E-state index is 12.6. The van der Waals surface area contributed by atoms with Crippen molar-refractivity contribution in [3.8, 4) is 0 Å². The van der Waals surface area contributed by atoms with Crippen molar-refractivity contribution in [2.45, 2.75) is 53.1 Å². The molecular formula is C20H27NO2. The fourth-order valence-corrected chi connectivity index (χ4v) is 2.61. The van der Waals surface area contributed by atoms with E-state index in [1.54, 1.807) is 0 Å². The van der Waals surface area contributed by atoms with Crippen LogP contribution < -0.4 is 5.32 Å². The zero-order valence-corrected chi connectivity index (χ0v) is 14.8. The molecule has 0 aromatic heterocycles. The van der Waals surface area contributed by atoms with E-state index in [1.165, 1.54) is 0 Å². The van der Waals surface area contributed by atoms with E-state index in [2.05, 4.69) is 18.3 Å². The second kappa shape index (κ2) is 7.03. The summed E-state index contributed by atoms with van der Waals surface area (Å²) in [5.74, 6) is -0.265. The molecule has 2 rings (SSSR count). The van der Waals surface area contributed by atoms with Crippen LogP contribution in [0.15, 0.2) is 30.3 Å². The van der Waals surface area contributed by atoms with Gasteiger partial charge in [-0.05, 0) is 51.1 Å². The van der Waals surface area contributed by atoms with Gasteiger partial charge in [-0.2, -0.15) is 0 Å². The Balaban J connectivity index is 2.49. The fourth-order valence-electron chi connectivity index (χ4n) is 2.61. The third-order valence-electron chi connectivity index (χ3n) is 3.76. The molecule has 0 saturated carbocycles. The van der Waals surface area contributed by atoms with Crippen molar-refractivity contribution in [1.29, 1.82) is 0 Å². The van der Waals surface area contributed by atoms with Crippen molar-refractivity contribution < 1.29 is 9.53 Å². The molecule has 0 amide bonds. The molecule has 0 bridgehead atoms. The van der Waals surface area contributed by atoms with Gasteiger partial charge in [0.15, 0.2) is 0 Å². The summed E-state index contributed by atoms with van der Waals surface area (Å²) in [5.41, 5.74) is 2.13. The van der Waals surface area contributed by atoms with Gasteiger partial charge < -0.3 is 10.1 Å². The van der Waals surface area contributed by atoms with Crippen LogP contribution in [0.1, 0.15) is 56.5 Å². The molecule has 3 nitrogen and oxygen atoms in total. The lowest BCUT2D eigenvalue weighted by molar-refractivity contribution is 0.00690. The second-order valence-corrected chi connectivity index (χ2v) is 6.93. The summed E-state index contributed by atoms with van der Waals surface area (Å²) >= 11 is 0. The molecule has 0 saturated heterocycles. The lowest BCUT2D eigenvalue weighted by atomic mass is 9.98. The molecule has 3 heteroatoms. The van der Waals surface area contributed by atoms with Crippen molar-refractivity contribution in [3.63, 3.8) is 0 Å². The molecule has 0 aliphatic heterocycles. The predicted molar refractivity (Wildman–Crippen MR) is 97.3 cm³/mol. The molecule has 0 radical (unpaired) electrons. The largest absolute Gasteiger partial charge is 0.456 e. The van der Waals surface area contributed by atoms with Crippen LogP contribution in [0.4, 0.5) is 5.69 Å². The minimum atomic E-state index is -0.495. The molecule has 1 N–H and O–H groups in total. The molecule has 0 fully saturated rings. The number of unbranched alkanes of at least 4 members (excludes halogenated alkanes) is 1. The first-order valence-corrected chi connectivity index (χ1v) is 8.33.